The second-order valence-corrected chi connectivity index (χ2v) is 6.47. The van der Waals surface area contributed by atoms with Crippen LogP contribution in [0.1, 0.15) is 18.4 Å². The van der Waals surface area contributed by atoms with Crippen LogP contribution < -0.4 is 0 Å². The van der Waals surface area contributed by atoms with E-state index in [9.17, 15) is 4.79 Å². The molecule has 0 N–H and O–H groups in total. The molecule has 2 aromatic heterocycles. The molecule has 1 fully saturated rings. The number of carbonyl (C=O) groups excluding carboxylic acids is 1. The maximum atomic E-state index is 11.8. The van der Waals surface area contributed by atoms with Crippen LogP contribution in [-0.2, 0) is 11.3 Å². The number of benzene rings is 1. The van der Waals surface area contributed by atoms with Crippen LogP contribution in [0.5, 0.6) is 0 Å². The predicted molar refractivity (Wildman–Crippen MR) is 87.7 cm³/mol. The molecule has 1 aliphatic rings. The average molecular weight is 325 g/mol. The maximum absolute atomic E-state index is 11.8. The smallest absolute Gasteiger partial charge is 0.258 e. The number of nitrogens with zero attached hydrogens (tertiary/aromatic N) is 3. The van der Waals surface area contributed by atoms with E-state index >= 15 is 0 Å². The van der Waals surface area contributed by atoms with Crippen molar-refractivity contribution in [3.8, 4) is 22.2 Å². The Morgan fingerprint density at radius 3 is 3.00 bits per heavy atom. The third-order valence-corrected chi connectivity index (χ3v) is 4.75. The topological polar surface area (TPSA) is 59.2 Å². The van der Waals surface area contributed by atoms with Crippen molar-refractivity contribution in [3.05, 3.63) is 47.3 Å². The largest absolute Gasteiger partial charge is 0.338 e. The highest BCUT2D eigenvalue weighted by Crippen LogP contribution is 2.26. The summed E-state index contributed by atoms with van der Waals surface area (Å²) in [7, 11) is 0. The average Bonchev–Trinajstić information content (AvgIpc) is 3.29. The zero-order valence-electron chi connectivity index (χ0n) is 12.4. The second-order valence-electron chi connectivity index (χ2n) is 5.52. The first kappa shape index (κ1) is 14.1. The van der Waals surface area contributed by atoms with Crippen molar-refractivity contribution >= 4 is 17.2 Å². The van der Waals surface area contributed by atoms with Crippen molar-refractivity contribution < 1.29 is 9.32 Å². The molecule has 3 aromatic rings. The Morgan fingerprint density at radius 2 is 2.22 bits per heavy atom. The molecule has 0 atom stereocenters. The third kappa shape index (κ3) is 2.90. The summed E-state index contributed by atoms with van der Waals surface area (Å²) in [6, 6.07) is 11.9. The molecule has 4 rings (SSSR count). The van der Waals surface area contributed by atoms with Crippen LogP contribution in [0.2, 0.25) is 0 Å². The fourth-order valence-corrected chi connectivity index (χ4v) is 3.39. The van der Waals surface area contributed by atoms with E-state index in [0.717, 1.165) is 29.0 Å². The molecule has 1 aliphatic heterocycles. The van der Waals surface area contributed by atoms with Gasteiger partial charge >= 0.3 is 0 Å². The number of hydrogen-bond donors (Lipinski definition) is 0. The lowest BCUT2D eigenvalue weighted by atomic mass is 10.1. The normalized spacial score (nSPS) is 14.6. The number of carbonyl (C=O) groups is 1. The zero-order chi connectivity index (χ0) is 15.6. The zero-order valence-corrected chi connectivity index (χ0v) is 13.3. The molecule has 116 valence electrons. The van der Waals surface area contributed by atoms with E-state index in [1.54, 1.807) is 11.3 Å². The minimum absolute atomic E-state index is 0.230. The summed E-state index contributed by atoms with van der Waals surface area (Å²) in [5, 5.41) is 6.02. The highest BCUT2D eigenvalue weighted by atomic mass is 32.1. The van der Waals surface area contributed by atoms with Gasteiger partial charge in [-0.1, -0.05) is 23.4 Å². The van der Waals surface area contributed by atoms with Crippen LogP contribution in [0.4, 0.5) is 0 Å². The Labute approximate surface area is 137 Å². The van der Waals surface area contributed by atoms with Gasteiger partial charge in [0.15, 0.2) is 0 Å². The van der Waals surface area contributed by atoms with Gasteiger partial charge in [0.25, 0.3) is 5.89 Å². The lowest BCUT2D eigenvalue weighted by Gasteiger charge is -2.15. The molecule has 1 aromatic carbocycles. The summed E-state index contributed by atoms with van der Waals surface area (Å²) in [6.45, 7) is 1.48. The van der Waals surface area contributed by atoms with E-state index in [2.05, 4.69) is 10.1 Å². The number of rotatable bonds is 4. The molecule has 0 bridgehead atoms. The molecule has 5 nitrogen and oxygen atoms in total. The highest BCUT2D eigenvalue weighted by Gasteiger charge is 2.20. The fourth-order valence-electron chi connectivity index (χ4n) is 2.74. The van der Waals surface area contributed by atoms with Crippen molar-refractivity contribution in [2.24, 2.45) is 0 Å². The second kappa shape index (κ2) is 5.96. The highest BCUT2D eigenvalue weighted by molar-refractivity contribution is 7.13. The molecule has 0 unspecified atom stereocenters. The van der Waals surface area contributed by atoms with E-state index in [-0.39, 0.29) is 5.91 Å². The van der Waals surface area contributed by atoms with Gasteiger partial charge < -0.3 is 9.42 Å². The molecule has 23 heavy (non-hydrogen) atoms. The minimum Gasteiger partial charge on any atom is -0.338 e. The van der Waals surface area contributed by atoms with Gasteiger partial charge in [0.05, 0.1) is 4.88 Å². The number of hydrogen-bond acceptors (Lipinski definition) is 5. The molecule has 3 heterocycles. The predicted octanol–water partition coefficient (Wildman–Crippen LogP) is 3.59. The van der Waals surface area contributed by atoms with E-state index < -0.39 is 0 Å². The summed E-state index contributed by atoms with van der Waals surface area (Å²) in [6.07, 6.45) is 1.61. The Morgan fingerprint density at radius 1 is 1.26 bits per heavy atom. The summed E-state index contributed by atoms with van der Waals surface area (Å²) < 4.78 is 5.39. The quantitative estimate of drug-likeness (QED) is 0.735. The summed E-state index contributed by atoms with van der Waals surface area (Å²) in [4.78, 5) is 19.1. The SMILES string of the molecule is O=C1CCCN1Cc1cccc(-c2nc(-c3cccs3)no2)c1. The number of amides is 1. The molecule has 0 aliphatic carbocycles. The molecule has 0 spiro atoms. The summed E-state index contributed by atoms with van der Waals surface area (Å²) in [5.41, 5.74) is 1.96. The van der Waals surface area contributed by atoms with Crippen molar-refractivity contribution in [1.82, 2.24) is 15.0 Å². The van der Waals surface area contributed by atoms with E-state index in [1.807, 2.05) is 46.7 Å². The van der Waals surface area contributed by atoms with Gasteiger partial charge in [0, 0.05) is 25.1 Å². The first-order valence-electron chi connectivity index (χ1n) is 7.54. The lowest BCUT2D eigenvalue weighted by Crippen LogP contribution is -2.23. The van der Waals surface area contributed by atoms with Crippen molar-refractivity contribution in [2.75, 3.05) is 6.54 Å². The van der Waals surface area contributed by atoms with Gasteiger partial charge in [-0.3, -0.25) is 4.79 Å². The van der Waals surface area contributed by atoms with Crippen LogP contribution in [0.3, 0.4) is 0 Å². The Kier molecular flexibility index (Phi) is 3.67. The number of aromatic nitrogens is 2. The molecule has 0 saturated carbocycles. The molecule has 1 saturated heterocycles. The first-order chi connectivity index (χ1) is 11.3. The lowest BCUT2D eigenvalue weighted by molar-refractivity contribution is -0.128. The van der Waals surface area contributed by atoms with E-state index in [0.29, 0.717) is 24.7 Å². The van der Waals surface area contributed by atoms with Gasteiger partial charge in [0.1, 0.15) is 0 Å². The fraction of sp³-hybridized carbons (Fsp3) is 0.235. The standard InChI is InChI=1S/C17H15N3O2S/c21-15-7-2-8-20(15)11-12-4-1-5-13(10-12)17-18-16(19-22-17)14-6-3-9-23-14/h1,3-6,9-10H,2,7-8,11H2. The maximum Gasteiger partial charge on any atom is 0.258 e. The Balaban J connectivity index is 1.57. The van der Waals surface area contributed by atoms with Crippen LogP contribution in [0.15, 0.2) is 46.3 Å². The van der Waals surface area contributed by atoms with Crippen molar-refractivity contribution in [1.29, 1.82) is 0 Å². The minimum atomic E-state index is 0.230. The van der Waals surface area contributed by atoms with Crippen LogP contribution in [-0.4, -0.2) is 27.5 Å². The van der Waals surface area contributed by atoms with Gasteiger partial charge in [-0.15, -0.1) is 11.3 Å². The van der Waals surface area contributed by atoms with Crippen LogP contribution in [0, 0.1) is 0 Å². The van der Waals surface area contributed by atoms with Gasteiger partial charge in [-0.25, -0.2) is 0 Å². The Bertz CT molecular complexity index is 826. The molecule has 1 amide bonds. The number of thiophene rings is 1. The van der Waals surface area contributed by atoms with Gasteiger partial charge in [-0.05, 0) is 35.6 Å². The Hall–Kier alpha value is -2.47. The van der Waals surface area contributed by atoms with E-state index in [4.69, 9.17) is 4.52 Å². The monoisotopic (exact) mass is 325 g/mol. The third-order valence-electron chi connectivity index (χ3n) is 3.89. The summed E-state index contributed by atoms with van der Waals surface area (Å²) >= 11 is 1.58. The molecule has 6 heteroatoms. The van der Waals surface area contributed by atoms with Gasteiger partial charge in [0.2, 0.25) is 11.7 Å². The summed E-state index contributed by atoms with van der Waals surface area (Å²) in [5.74, 6) is 1.34. The van der Waals surface area contributed by atoms with Crippen molar-refractivity contribution in [3.63, 3.8) is 0 Å². The van der Waals surface area contributed by atoms with Crippen LogP contribution >= 0.6 is 11.3 Å². The first-order valence-corrected chi connectivity index (χ1v) is 8.42. The molecule has 0 radical (unpaired) electrons. The van der Waals surface area contributed by atoms with E-state index in [1.165, 1.54) is 0 Å². The van der Waals surface area contributed by atoms with Crippen molar-refractivity contribution in [2.45, 2.75) is 19.4 Å². The molecular weight excluding hydrogens is 310 g/mol. The van der Waals surface area contributed by atoms with Crippen LogP contribution in [0.25, 0.3) is 22.2 Å². The number of likely N-dealkylation sites (tertiary alicyclic amines) is 1. The van der Waals surface area contributed by atoms with Gasteiger partial charge in [-0.2, -0.15) is 4.98 Å². The molecular formula is C17H15N3O2S.